The Kier molecular flexibility index (Phi) is 6.52. The van der Waals surface area contributed by atoms with Crippen molar-refractivity contribution in [2.24, 2.45) is 5.92 Å². The minimum Gasteiger partial charge on any atom is -0.383 e. The molecule has 1 amide bonds. The highest BCUT2D eigenvalue weighted by Gasteiger charge is 2.29. The zero-order chi connectivity index (χ0) is 12.7. The van der Waals surface area contributed by atoms with Crippen molar-refractivity contribution in [1.29, 1.82) is 0 Å². The highest BCUT2D eigenvalue weighted by molar-refractivity contribution is 5.79. The molecule has 1 heterocycles. The van der Waals surface area contributed by atoms with Gasteiger partial charge in [0.15, 0.2) is 0 Å². The lowest BCUT2D eigenvalue weighted by molar-refractivity contribution is -0.138. The van der Waals surface area contributed by atoms with Gasteiger partial charge < -0.3 is 15.0 Å². The summed E-state index contributed by atoms with van der Waals surface area (Å²) in [5.41, 5.74) is 0. The average molecular weight is 242 g/mol. The number of ether oxygens (including phenoxy) is 1. The predicted molar refractivity (Wildman–Crippen MR) is 68.9 cm³/mol. The molecule has 4 heteroatoms. The first-order valence-electron chi connectivity index (χ1n) is 6.74. The van der Waals surface area contributed by atoms with Crippen LogP contribution in [0.15, 0.2) is 0 Å². The van der Waals surface area contributed by atoms with E-state index in [2.05, 4.69) is 19.2 Å². The molecule has 4 nitrogen and oxygen atoms in total. The van der Waals surface area contributed by atoms with Crippen LogP contribution < -0.4 is 5.32 Å². The van der Waals surface area contributed by atoms with Crippen LogP contribution in [-0.2, 0) is 9.53 Å². The van der Waals surface area contributed by atoms with Crippen molar-refractivity contribution in [3.05, 3.63) is 0 Å². The second-order valence-electron chi connectivity index (χ2n) is 4.68. The van der Waals surface area contributed by atoms with Gasteiger partial charge in [-0.05, 0) is 25.8 Å². The van der Waals surface area contributed by atoms with Crippen LogP contribution in [0.4, 0.5) is 0 Å². The predicted octanol–water partition coefficient (Wildman–Crippen LogP) is 1.26. The van der Waals surface area contributed by atoms with Crippen molar-refractivity contribution >= 4 is 5.91 Å². The summed E-state index contributed by atoms with van der Waals surface area (Å²) >= 11 is 0. The first-order chi connectivity index (χ1) is 8.24. The van der Waals surface area contributed by atoms with Gasteiger partial charge in [0.1, 0.15) is 0 Å². The first-order valence-corrected chi connectivity index (χ1v) is 6.74. The molecule has 0 bridgehead atoms. The van der Waals surface area contributed by atoms with E-state index in [1.54, 1.807) is 7.11 Å². The third-order valence-corrected chi connectivity index (χ3v) is 3.61. The molecule has 100 valence electrons. The number of rotatable bonds is 7. The van der Waals surface area contributed by atoms with E-state index in [-0.39, 0.29) is 5.92 Å². The lowest BCUT2D eigenvalue weighted by atomic mass is 10.0. The minimum absolute atomic E-state index is 0.174. The van der Waals surface area contributed by atoms with Crippen molar-refractivity contribution in [3.8, 4) is 0 Å². The number of hydrogen-bond donors (Lipinski definition) is 1. The van der Waals surface area contributed by atoms with Gasteiger partial charge in [0, 0.05) is 26.2 Å². The Labute approximate surface area is 105 Å². The van der Waals surface area contributed by atoms with Gasteiger partial charge in [-0.25, -0.2) is 0 Å². The Balaban J connectivity index is 2.62. The van der Waals surface area contributed by atoms with Crippen molar-refractivity contribution in [2.75, 3.05) is 33.4 Å². The maximum atomic E-state index is 12.4. The van der Waals surface area contributed by atoms with E-state index in [9.17, 15) is 4.79 Å². The van der Waals surface area contributed by atoms with Crippen molar-refractivity contribution < 1.29 is 9.53 Å². The first kappa shape index (κ1) is 14.5. The standard InChI is InChI=1S/C13H26N2O2/c1-4-12(5-2)15(8-9-17-3)13(16)11-6-7-14-10-11/h11-12,14H,4-10H2,1-3H3. The average Bonchev–Trinajstić information content (AvgIpc) is 2.87. The van der Waals surface area contributed by atoms with E-state index >= 15 is 0 Å². The van der Waals surface area contributed by atoms with E-state index in [1.165, 1.54) is 0 Å². The molecule has 1 rings (SSSR count). The Bertz CT molecular complexity index is 223. The molecule has 17 heavy (non-hydrogen) atoms. The van der Waals surface area contributed by atoms with Crippen LogP contribution in [0.2, 0.25) is 0 Å². The van der Waals surface area contributed by atoms with Crippen LogP contribution >= 0.6 is 0 Å². The zero-order valence-corrected chi connectivity index (χ0v) is 11.4. The summed E-state index contributed by atoms with van der Waals surface area (Å²) < 4.78 is 5.11. The molecule has 1 N–H and O–H groups in total. The lowest BCUT2D eigenvalue weighted by Crippen LogP contribution is -2.45. The molecule has 1 fully saturated rings. The molecule has 1 saturated heterocycles. The van der Waals surface area contributed by atoms with Gasteiger partial charge in [0.05, 0.1) is 12.5 Å². The van der Waals surface area contributed by atoms with Gasteiger partial charge in [-0.15, -0.1) is 0 Å². The van der Waals surface area contributed by atoms with Crippen molar-refractivity contribution in [1.82, 2.24) is 10.2 Å². The van der Waals surface area contributed by atoms with E-state index in [4.69, 9.17) is 4.74 Å². The van der Waals surface area contributed by atoms with E-state index < -0.39 is 0 Å². The third kappa shape index (κ3) is 3.96. The molecule has 0 aromatic heterocycles. The maximum Gasteiger partial charge on any atom is 0.227 e. The Morgan fingerprint density at radius 1 is 1.47 bits per heavy atom. The second kappa shape index (κ2) is 7.67. The summed E-state index contributed by atoms with van der Waals surface area (Å²) in [6.07, 6.45) is 3.01. The Morgan fingerprint density at radius 3 is 2.65 bits per heavy atom. The van der Waals surface area contributed by atoms with Gasteiger partial charge in [-0.1, -0.05) is 13.8 Å². The van der Waals surface area contributed by atoms with Crippen LogP contribution in [0.3, 0.4) is 0 Å². The van der Waals surface area contributed by atoms with Crippen molar-refractivity contribution in [3.63, 3.8) is 0 Å². The molecule has 0 aliphatic carbocycles. The normalized spacial score (nSPS) is 19.9. The highest BCUT2D eigenvalue weighted by Crippen LogP contribution is 2.17. The summed E-state index contributed by atoms with van der Waals surface area (Å²) in [6.45, 7) is 7.45. The molecular weight excluding hydrogens is 216 g/mol. The summed E-state index contributed by atoms with van der Waals surface area (Å²) in [7, 11) is 1.69. The fraction of sp³-hybridized carbons (Fsp3) is 0.923. The van der Waals surface area contributed by atoms with Gasteiger partial charge in [0.25, 0.3) is 0 Å². The largest absolute Gasteiger partial charge is 0.383 e. The smallest absolute Gasteiger partial charge is 0.227 e. The summed E-state index contributed by atoms with van der Waals surface area (Å²) in [4.78, 5) is 14.5. The van der Waals surface area contributed by atoms with E-state index in [0.29, 0.717) is 18.6 Å². The Hall–Kier alpha value is -0.610. The molecule has 1 aliphatic heterocycles. The third-order valence-electron chi connectivity index (χ3n) is 3.61. The lowest BCUT2D eigenvalue weighted by Gasteiger charge is -2.32. The molecule has 0 spiro atoms. The quantitative estimate of drug-likeness (QED) is 0.731. The molecule has 0 aromatic carbocycles. The fourth-order valence-corrected chi connectivity index (χ4v) is 2.49. The van der Waals surface area contributed by atoms with Crippen LogP contribution in [-0.4, -0.2) is 50.2 Å². The molecule has 1 aliphatic rings. The zero-order valence-electron chi connectivity index (χ0n) is 11.4. The topological polar surface area (TPSA) is 41.6 Å². The molecule has 0 aromatic rings. The number of amides is 1. The fourth-order valence-electron chi connectivity index (χ4n) is 2.49. The van der Waals surface area contributed by atoms with Gasteiger partial charge in [-0.3, -0.25) is 4.79 Å². The summed E-state index contributed by atoms with van der Waals surface area (Å²) in [5.74, 6) is 0.480. The minimum atomic E-state index is 0.174. The van der Waals surface area contributed by atoms with Crippen LogP contribution in [0.5, 0.6) is 0 Å². The molecular formula is C13H26N2O2. The molecule has 1 atom stereocenters. The van der Waals surface area contributed by atoms with Crippen LogP contribution in [0.1, 0.15) is 33.1 Å². The van der Waals surface area contributed by atoms with Crippen LogP contribution in [0.25, 0.3) is 0 Å². The number of nitrogens with one attached hydrogen (secondary N) is 1. The van der Waals surface area contributed by atoms with E-state index in [1.807, 2.05) is 4.90 Å². The number of nitrogens with zero attached hydrogens (tertiary/aromatic N) is 1. The van der Waals surface area contributed by atoms with Crippen molar-refractivity contribution in [2.45, 2.75) is 39.2 Å². The maximum absolute atomic E-state index is 12.4. The van der Waals surface area contributed by atoms with Gasteiger partial charge >= 0.3 is 0 Å². The summed E-state index contributed by atoms with van der Waals surface area (Å²) in [5, 5.41) is 3.26. The number of carbonyl (C=O) groups excluding carboxylic acids is 1. The van der Waals surface area contributed by atoms with Crippen LogP contribution in [0, 0.1) is 5.92 Å². The Morgan fingerprint density at radius 2 is 2.18 bits per heavy atom. The molecule has 1 unspecified atom stereocenters. The number of methoxy groups -OCH3 is 1. The molecule has 0 radical (unpaired) electrons. The number of carbonyl (C=O) groups is 1. The van der Waals surface area contributed by atoms with Gasteiger partial charge in [0.2, 0.25) is 5.91 Å². The highest BCUT2D eigenvalue weighted by atomic mass is 16.5. The number of hydrogen-bond acceptors (Lipinski definition) is 3. The van der Waals surface area contributed by atoms with Gasteiger partial charge in [-0.2, -0.15) is 0 Å². The monoisotopic (exact) mass is 242 g/mol. The SMILES string of the molecule is CCC(CC)N(CCOC)C(=O)C1CCNC1. The van der Waals surface area contributed by atoms with E-state index in [0.717, 1.165) is 38.9 Å². The molecule has 0 saturated carbocycles. The second-order valence-corrected chi connectivity index (χ2v) is 4.68. The summed E-state index contributed by atoms with van der Waals surface area (Å²) in [6, 6.07) is 0.359.